The van der Waals surface area contributed by atoms with Crippen LogP contribution in [0.1, 0.15) is 38.8 Å². The van der Waals surface area contributed by atoms with Crippen molar-refractivity contribution in [1.29, 1.82) is 0 Å². The maximum Gasteiger partial charge on any atom is 0.191 e. The third kappa shape index (κ3) is 7.87. The summed E-state index contributed by atoms with van der Waals surface area (Å²) in [6.07, 6.45) is 1.05. The Hall–Kier alpha value is -0.860. The number of rotatable bonds is 8. The van der Waals surface area contributed by atoms with Crippen LogP contribution < -0.4 is 10.6 Å². The van der Waals surface area contributed by atoms with Gasteiger partial charge in [-0.05, 0) is 37.4 Å². The van der Waals surface area contributed by atoms with E-state index >= 15 is 0 Å². The fourth-order valence-corrected chi connectivity index (χ4v) is 3.70. The number of hydrogen-bond acceptors (Lipinski definition) is 3. The average molecular weight is 502 g/mol. The molecule has 0 bridgehead atoms. The van der Waals surface area contributed by atoms with Crippen LogP contribution in [0.3, 0.4) is 0 Å². The van der Waals surface area contributed by atoms with Gasteiger partial charge in [0.15, 0.2) is 5.96 Å². The van der Waals surface area contributed by atoms with E-state index in [2.05, 4.69) is 79.4 Å². The first-order valence-corrected chi connectivity index (χ1v) is 10.6. The van der Waals surface area contributed by atoms with Crippen LogP contribution in [0.15, 0.2) is 29.3 Å². The van der Waals surface area contributed by atoms with Gasteiger partial charge in [0, 0.05) is 45.3 Å². The van der Waals surface area contributed by atoms with E-state index in [1.807, 2.05) is 0 Å². The molecule has 6 heteroatoms. The molecule has 0 aromatic heterocycles. The summed E-state index contributed by atoms with van der Waals surface area (Å²) >= 11 is 0. The van der Waals surface area contributed by atoms with E-state index in [9.17, 15) is 0 Å². The van der Waals surface area contributed by atoms with E-state index in [1.54, 1.807) is 0 Å². The Kier molecular flexibility index (Phi) is 12.0. The highest BCUT2D eigenvalue weighted by Crippen LogP contribution is 2.13. The second kappa shape index (κ2) is 13.4. The third-order valence-corrected chi connectivity index (χ3v) is 5.51. The number of likely N-dealkylation sites (N-methyl/N-ethyl adjacent to an activating group) is 1. The summed E-state index contributed by atoms with van der Waals surface area (Å²) < 4.78 is 0. The maximum absolute atomic E-state index is 4.85. The molecule has 1 atom stereocenters. The lowest BCUT2D eigenvalue weighted by Crippen LogP contribution is -2.55. The summed E-state index contributed by atoms with van der Waals surface area (Å²) in [5.41, 5.74) is 2.70. The van der Waals surface area contributed by atoms with Gasteiger partial charge >= 0.3 is 0 Å². The number of nitrogens with zero attached hydrogens (tertiary/aromatic N) is 3. The van der Waals surface area contributed by atoms with Crippen molar-refractivity contribution in [2.75, 3.05) is 46.3 Å². The molecule has 28 heavy (non-hydrogen) atoms. The fourth-order valence-electron chi connectivity index (χ4n) is 3.70. The van der Waals surface area contributed by atoms with Gasteiger partial charge in [0.05, 0.1) is 6.54 Å². The van der Waals surface area contributed by atoms with Crippen molar-refractivity contribution in [1.82, 2.24) is 20.4 Å². The molecule has 1 aliphatic heterocycles. The number of aliphatic imine (C=N–C) groups is 1. The van der Waals surface area contributed by atoms with Gasteiger partial charge in [-0.25, -0.2) is 4.99 Å². The van der Waals surface area contributed by atoms with Crippen LogP contribution in [0.25, 0.3) is 0 Å². The zero-order chi connectivity index (χ0) is 19.6. The monoisotopic (exact) mass is 501 g/mol. The first kappa shape index (κ1) is 25.2. The molecule has 1 fully saturated rings. The first-order chi connectivity index (χ1) is 13.0. The van der Waals surface area contributed by atoms with Crippen LogP contribution in [0.5, 0.6) is 0 Å². The predicted molar refractivity (Wildman–Crippen MR) is 132 cm³/mol. The van der Waals surface area contributed by atoms with E-state index < -0.39 is 0 Å². The molecule has 0 aliphatic carbocycles. The number of guanidine groups is 1. The Morgan fingerprint density at radius 2 is 1.68 bits per heavy atom. The molecule has 1 saturated heterocycles. The second-order valence-electron chi connectivity index (χ2n) is 7.85. The van der Waals surface area contributed by atoms with E-state index in [0.29, 0.717) is 12.0 Å². The van der Waals surface area contributed by atoms with Crippen LogP contribution in [-0.4, -0.2) is 68.1 Å². The highest BCUT2D eigenvalue weighted by Gasteiger charge is 2.25. The Morgan fingerprint density at radius 1 is 1.04 bits per heavy atom. The lowest BCUT2D eigenvalue weighted by Gasteiger charge is -2.40. The number of nitrogens with one attached hydrogen (secondary N) is 2. The fraction of sp³-hybridized carbons (Fsp3) is 0.682. The molecule has 1 aliphatic rings. The molecule has 1 heterocycles. The molecule has 0 saturated carbocycles. The lowest BCUT2D eigenvalue weighted by atomic mass is 10.0. The smallest absolute Gasteiger partial charge is 0.191 e. The summed E-state index contributed by atoms with van der Waals surface area (Å²) in [6, 6.07) is 9.14. The zero-order valence-corrected chi connectivity index (χ0v) is 20.7. The largest absolute Gasteiger partial charge is 0.357 e. The van der Waals surface area contributed by atoms with Crippen molar-refractivity contribution in [3.8, 4) is 0 Å². The number of aryl methyl sites for hydroxylation is 1. The van der Waals surface area contributed by atoms with Crippen molar-refractivity contribution >= 4 is 29.9 Å². The number of benzene rings is 1. The second-order valence-corrected chi connectivity index (χ2v) is 7.85. The molecule has 0 spiro atoms. The topological polar surface area (TPSA) is 42.9 Å². The predicted octanol–water partition coefficient (Wildman–Crippen LogP) is 3.19. The number of hydrogen-bond donors (Lipinski definition) is 2. The van der Waals surface area contributed by atoms with Crippen molar-refractivity contribution in [3.63, 3.8) is 0 Å². The Balaban J connectivity index is 0.00000392. The minimum atomic E-state index is 0. The molecule has 5 nitrogen and oxygen atoms in total. The van der Waals surface area contributed by atoms with E-state index in [0.717, 1.165) is 58.2 Å². The van der Waals surface area contributed by atoms with Gasteiger partial charge in [0.1, 0.15) is 0 Å². The summed E-state index contributed by atoms with van der Waals surface area (Å²) in [7, 11) is 2.21. The summed E-state index contributed by atoms with van der Waals surface area (Å²) in [6.45, 7) is 16.1. The molecule has 160 valence electrons. The van der Waals surface area contributed by atoms with Gasteiger partial charge in [0.25, 0.3) is 0 Å². The number of piperazine rings is 1. The van der Waals surface area contributed by atoms with Gasteiger partial charge in [-0.15, -0.1) is 24.0 Å². The van der Waals surface area contributed by atoms with Crippen LogP contribution in [-0.2, 0) is 13.0 Å². The van der Waals surface area contributed by atoms with Crippen LogP contribution in [0.4, 0.5) is 0 Å². The Bertz CT molecular complexity index is 582. The van der Waals surface area contributed by atoms with Gasteiger partial charge in [-0.3, -0.25) is 4.90 Å². The van der Waals surface area contributed by atoms with Crippen LogP contribution in [0.2, 0.25) is 0 Å². The number of halogens is 1. The highest BCUT2D eigenvalue weighted by atomic mass is 127. The highest BCUT2D eigenvalue weighted by molar-refractivity contribution is 14.0. The quantitative estimate of drug-likeness (QED) is 0.326. The van der Waals surface area contributed by atoms with E-state index in [4.69, 9.17) is 4.99 Å². The average Bonchev–Trinajstić information content (AvgIpc) is 2.67. The minimum Gasteiger partial charge on any atom is -0.357 e. The van der Waals surface area contributed by atoms with Gasteiger partial charge in [-0.1, -0.05) is 45.0 Å². The maximum atomic E-state index is 4.85. The molecule has 1 aromatic rings. The zero-order valence-electron chi connectivity index (χ0n) is 18.4. The molecule has 0 amide bonds. The van der Waals surface area contributed by atoms with Crippen molar-refractivity contribution < 1.29 is 0 Å². The summed E-state index contributed by atoms with van der Waals surface area (Å²) in [5.74, 6) is 1.53. The minimum absolute atomic E-state index is 0. The first-order valence-electron chi connectivity index (χ1n) is 10.6. The summed E-state index contributed by atoms with van der Waals surface area (Å²) in [5, 5.41) is 7.01. The standard InChI is InChI=1S/C22H39N5.HI/c1-6-19-10-8-9-11-20(19)16-24-22(23-7-2)25-17-21(18(3)4)27-14-12-26(5)13-15-27;/h8-11,18,21H,6-7,12-17H2,1-5H3,(H2,23,24,25);1H. The van der Waals surface area contributed by atoms with E-state index in [1.165, 1.54) is 11.1 Å². The normalized spacial score (nSPS) is 17.3. The van der Waals surface area contributed by atoms with Gasteiger partial charge < -0.3 is 15.5 Å². The molecule has 2 rings (SSSR count). The summed E-state index contributed by atoms with van der Waals surface area (Å²) in [4.78, 5) is 9.90. The molecule has 2 N–H and O–H groups in total. The molecule has 1 unspecified atom stereocenters. The van der Waals surface area contributed by atoms with Crippen LogP contribution in [0, 0.1) is 5.92 Å². The molecule has 1 aromatic carbocycles. The third-order valence-electron chi connectivity index (χ3n) is 5.51. The Labute approximate surface area is 189 Å². The lowest BCUT2D eigenvalue weighted by molar-refractivity contribution is 0.0900. The molecular weight excluding hydrogens is 461 g/mol. The Morgan fingerprint density at radius 3 is 2.25 bits per heavy atom. The van der Waals surface area contributed by atoms with Crippen molar-refractivity contribution in [2.24, 2.45) is 10.9 Å². The van der Waals surface area contributed by atoms with E-state index in [-0.39, 0.29) is 24.0 Å². The van der Waals surface area contributed by atoms with Crippen molar-refractivity contribution in [3.05, 3.63) is 35.4 Å². The molecule has 0 radical (unpaired) electrons. The van der Waals surface area contributed by atoms with Gasteiger partial charge in [-0.2, -0.15) is 0 Å². The molecular formula is C22H40IN5. The SMILES string of the molecule is CCNC(=NCc1ccccc1CC)NCC(C(C)C)N1CCN(C)CC1.I. The van der Waals surface area contributed by atoms with Crippen molar-refractivity contribution in [2.45, 2.75) is 46.7 Å². The van der Waals surface area contributed by atoms with Crippen LogP contribution >= 0.6 is 24.0 Å². The van der Waals surface area contributed by atoms with Gasteiger partial charge in [0.2, 0.25) is 0 Å².